The molecular weight excluding hydrogens is 330 g/mol. The van der Waals surface area contributed by atoms with Gasteiger partial charge in [0.15, 0.2) is 0 Å². The molecule has 152 valence electrons. The average Bonchev–Trinajstić information content (AvgIpc) is 3.48. The molecule has 2 heteroatoms. The third-order valence-electron chi connectivity index (χ3n) is 5.96. The molecule has 27 heavy (non-hydrogen) atoms. The van der Waals surface area contributed by atoms with Crippen molar-refractivity contribution in [1.29, 1.82) is 0 Å². The molecule has 0 unspecified atom stereocenters. The van der Waals surface area contributed by atoms with Gasteiger partial charge in [0, 0.05) is 18.5 Å². The Morgan fingerprint density at radius 1 is 0.778 bits per heavy atom. The van der Waals surface area contributed by atoms with E-state index < -0.39 is 0 Å². The maximum atomic E-state index is 12.0. The molecule has 2 nitrogen and oxygen atoms in total. The Balaban J connectivity index is 1.30. The third kappa shape index (κ3) is 11.2. The number of para-hydroxylation sites is 1. The number of ketones is 1. The van der Waals surface area contributed by atoms with E-state index in [1.165, 1.54) is 89.9 Å². The molecule has 1 aromatic carbocycles. The molecule has 0 spiro atoms. The van der Waals surface area contributed by atoms with Crippen molar-refractivity contribution in [3.8, 4) is 0 Å². The number of rotatable bonds is 17. The van der Waals surface area contributed by atoms with Gasteiger partial charge in [-0.15, -0.1) is 0 Å². The van der Waals surface area contributed by atoms with Gasteiger partial charge in [-0.2, -0.15) is 0 Å². The van der Waals surface area contributed by atoms with Gasteiger partial charge in [-0.3, -0.25) is 4.79 Å². The number of Topliss-reactive ketones (excluding diaryl/α,β-unsaturated/α-hetero) is 1. The lowest BCUT2D eigenvalue weighted by Crippen LogP contribution is -2.04. The van der Waals surface area contributed by atoms with Gasteiger partial charge in [-0.25, -0.2) is 0 Å². The van der Waals surface area contributed by atoms with Crippen LogP contribution >= 0.6 is 0 Å². The Bertz CT molecular complexity index is 521. The van der Waals surface area contributed by atoms with Crippen molar-refractivity contribution in [2.24, 2.45) is 5.92 Å². The minimum Gasteiger partial charge on any atom is -0.398 e. The number of anilines is 1. The molecule has 1 aliphatic carbocycles. The first-order valence-electron chi connectivity index (χ1n) is 11.6. The number of carbonyl (C=O) groups is 1. The lowest BCUT2D eigenvalue weighted by atomic mass is 10.0. The maximum absolute atomic E-state index is 12.0. The molecule has 1 aromatic rings. The summed E-state index contributed by atoms with van der Waals surface area (Å²) in [5, 5.41) is 0. The fraction of sp³-hybridized carbons (Fsp3) is 0.720. The van der Waals surface area contributed by atoms with Crippen molar-refractivity contribution in [2.45, 2.75) is 109 Å². The van der Waals surface area contributed by atoms with E-state index in [0.29, 0.717) is 18.6 Å². The largest absolute Gasteiger partial charge is 0.398 e. The van der Waals surface area contributed by atoms with Gasteiger partial charge in [-0.1, -0.05) is 108 Å². The molecule has 0 aromatic heterocycles. The highest BCUT2D eigenvalue weighted by Crippen LogP contribution is 2.34. The number of hydrogen-bond acceptors (Lipinski definition) is 2. The number of unbranched alkanes of at least 4 members (excludes halogenated alkanes) is 11. The van der Waals surface area contributed by atoms with Crippen molar-refractivity contribution in [1.82, 2.24) is 0 Å². The molecule has 0 atom stereocenters. The first-order chi connectivity index (χ1) is 13.3. The minimum atomic E-state index is 0.324. The van der Waals surface area contributed by atoms with Gasteiger partial charge in [0.25, 0.3) is 0 Å². The second kappa shape index (κ2) is 13.8. The zero-order valence-electron chi connectivity index (χ0n) is 17.4. The zero-order valence-corrected chi connectivity index (χ0v) is 17.4. The summed E-state index contributed by atoms with van der Waals surface area (Å²) in [6, 6.07) is 7.70. The fourth-order valence-corrected chi connectivity index (χ4v) is 3.93. The van der Waals surface area contributed by atoms with Crippen LogP contribution in [-0.4, -0.2) is 5.78 Å². The molecule has 0 saturated heterocycles. The van der Waals surface area contributed by atoms with E-state index in [4.69, 9.17) is 5.73 Å². The molecule has 1 aliphatic rings. The Hall–Kier alpha value is -1.31. The van der Waals surface area contributed by atoms with Crippen LogP contribution in [0.5, 0.6) is 0 Å². The Morgan fingerprint density at radius 2 is 1.30 bits per heavy atom. The van der Waals surface area contributed by atoms with E-state index in [9.17, 15) is 4.79 Å². The second-order valence-corrected chi connectivity index (χ2v) is 8.64. The van der Waals surface area contributed by atoms with Gasteiger partial charge < -0.3 is 5.73 Å². The van der Waals surface area contributed by atoms with E-state index in [1.54, 1.807) is 0 Å². The van der Waals surface area contributed by atoms with Crippen molar-refractivity contribution >= 4 is 11.5 Å². The quantitative estimate of drug-likeness (QED) is 0.231. The van der Waals surface area contributed by atoms with Crippen LogP contribution in [0.25, 0.3) is 0 Å². The maximum Gasteiger partial charge on any atom is 0.137 e. The predicted octanol–water partition coefficient (Wildman–Crippen LogP) is 7.25. The number of carbonyl (C=O) groups excluding carboxylic acids is 1. The minimum absolute atomic E-state index is 0.324. The van der Waals surface area contributed by atoms with Crippen LogP contribution in [0.1, 0.15) is 108 Å². The lowest BCUT2D eigenvalue weighted by molar-refractivity contribution is -0.118. The molecule has 0 amide bonds. The van der Waals surface area contributed by atoms with Crippen molar-refractivity contribution in [3.05, 3.63) is 29.8 Å². The summed E-state index contributed by atoms with van der Waals surface area (Å²) in [5.74, 6) is 1.44. The summed E-state index contributed by atoms with van der Waals surface area (Å²) in [4.78, 5) is 12.0. The van der Waals surface area contributed by atoms with E-state index >= 15 is 0 Å². The Kier molecular flexibility index (Phi) is 11.2. The molecule has 0 heterocycles. The third-order valence-corrected chi connectivity index (χ3v) is 5.96. The topological polar surface area (TPSA) is 43.1 Å². The van der Waals surface area contributed by atoms with Gasteiger partial charge >= 0.3 is 0 Å². The van der Waals surface area contributed by atoms with Gasteiger partial charge in [-0.05, 0) is 24.0 Å². The predicted molar refractivity (Wildman–Crippen MR) is 117 cm³/mol. The fourth-order valence-electron chi connectivity index (χ4n) is 3.93. The molecule has 1 fully saturated rings. The number of hydrogen-bond donors (Lipinski definition) is 1. The van der Waals surface area contributed by atoms with Gasteiger partial charge in [0.05, 0.1) is 0 Å². The smallest absolute Gasteiger partial charge is 0.137 e. The van der Waals surface area contributed by atoms with E-state index in [0.717, 1.165) is 23.6 Å². The van der Waals surface area contributed by atoms with Crippen molar-refractivity contribution in [2.75, 3.05) is 5.73 Å². The Labute approximate surface area is 167 Å². The van der Waals surface area contributed by atoms with Crippen LogP contribution in [-0.2, 0) is 11.2 Å². The summed E-state index contributed by atoms with van der Waals surface area (Å²) in [7, 11) is 0. The van der Waals surface area contributed by atoms with E-state index in [1.807, 2.05) is 24.3 Å². The molecule has 2 rings (SSSR count). The van der Waals surface area contributed by atoms with E-state index in [2.05, 4.69) is 0 Å². The summed E-state index contributed by atoms with van der Waals surface area (Å²) in [5.41, 5.74) is 7.62. The SMILES string of the molecule is Nc1ccccc1CC(=O)CCCCCCCCCCCCCCC1CC1. The Morgan fingerprint density at radius 3 is 1.85 bits per heavy atom. The highest BCUT2D eigenvalue weighted by atomic mass is 16.1. The summed E-state index contributed by atoms with van der Waals surface area (Å²) < 4.78 is 0. The zero-order chi connectivity index (χ0) is 19.2. The van der Waals surface area contributed by atoms with Crippen molar-refractivity contribution < 1.29 is 4.79 Å². The van der Waals surface area contributed by atoms with Crippen LogP contribution in [0.15, 0.2) is 24.3 Å². The lowest BCUT2D eigenvalue weighted by Gasteiger charge is -2.05. The summed E-state index contributed by atoms with van der Waals surface area (Å²) in [6.45, 7) is 0. The molecule has 0 aliphatic heterocycles. The number of nitrogen functional groups attached to an aromatic ring is 1. The highest BCUT2D eigenvalue weighted by molar-refractivity contribution is 5.82. The standard InChI is InChI=1S/C25H41NO/c26-25-18-14-13-16-23(25)21-24(27)17-12-10-8-6-4-2-1-3-5-7-9-11-15-22-19-20-22/h13-14,16,18,22H,1-12,15,17,19-21,26H2. The summed E-state index contributed by atoms with van der Waals surface area (Å²) >= 11 is 0. The number of benzene rings is 1. The molecule has 1 saturated carbocycles. The second-order valence-electron chi connectivity index (χ2n) is 8.64. The summed E-state index contributed by atoms with van der Waals surface area (Å²) in [6.07, 6.45) is 22.0. The van der Waals surface area contributed by atoms with Crippen LogP contribution in [0, 0.1) is 5.92 Å². The van der Waals surface area contributed by atoms with Gasteiger partial charge in [0.2, 0.25) is 0 Å². The van der Waals surface area contributed by atoms with Crippen LogP contribution in [0.3, 0.4) is 0 Å². The molecular formula is C25H41NO. The van der Waals surface area contributed by atoms with Crippen LogP contribution in [0.2, 0.25) is 0 Å². The molecule has 0 radical (unpaired) electrons. The highest BCUT2D eigenvalue weighted by Gasteiger charge is 2.19. The molecule has 0 bridgehead atoms. The average molecular weight is 372 g/mol. The normalized spacial score (nSPS) is 13.8. The first-order valence-corrected chi connectivity index (χ1v) is 11.6. The van der Waals surface area contributed by atoms with Gasteiger partial charge in [0.1, 0.15) is 5.78 Å². The van der Waals surface area contributed by atoms with Crippen LogP contribution in [0.4, 0.5) is 5.69 Å². The number of nitrogens with two attached hydrogens (primary N) is 1. The van der Waals surface area contributed by atoms with E-state index in [-0.39, 0.29) is 0 Å². The monoisotopic (exact) mass is 371 g/mol. The van der Waals surface area contributed by atoms with Crippen molar-refractivity contribution in [3.63, 3.8) is 0 Å². The first kappa shape index (κ1) is 22.0. The molecule has 2 N–H and O–H groups in total. The van der Waals surface area contributed by atoms with Crippen LogP contribution < -0.4 is 5.73 Å².